The molecule has 0 bridgehead atoms. The first-order valence-corrected chi connectivity index (χ1v) is 7.36. The molecule has 1 aromatic rings. The van der Waals surface area contributed by atoms with E-state index in [-0.39, 0.29) is 5.54 Å². The molecule has 1 saturated heterocycles. The van der Waals surface area contributed by atoms with Crippen LogP contribution < -0.4 is 5.73 Å². The average molecular weight is 265 g/mol. The van der Waals surface area contributed by atoms with Crippen LogP contribution in [0.2, 0.25) is 0 Å². The minimum Gasteiger partial charge on any atom is -0.381 e. The number of guanidine groups is 1. The summed E-state index contributed by atoms with van der Waals surface area (Å²) in [5.41, 5.74) is 6.19. The second kappa shape index (κ2) is 4.90. The number of hydrogen-bond donors (Lipinski definition) is 1. The van der Waals surface area contributed by atoms with E-state index in [2.05, 4.69) is 27.4 Å². The molecule has 0 saturated carbocycles. The summed E-state index contributed by atoms with van der Waals surface area (Å²) in [5.74, 6) is 0.699. The highest BCUT2D eigenvalue weighted by Crippen LogP contribution is 2.34. The fourth-order valence-corrected chi connectivity index (χ4v) is 3.56. The van der Waals surface area contributed by atoms with E-state index in [1.807, 2.05) is 0 Å². The fraction of sp³-hybridized carbons (Fsp3) is 0.615. The Hall–Kier alpha value is -1.07. The SMILES string of the molecule is NC1=NCC2(CCCOCC2)N1Cc1cccs1. The maximum Gasteiger partial charge on any atom is 0.192 e. The second-order valence-electron chi connectivity index (χ2n) is 5.03. The fourth-order valence-electron chi connectivity index (χ4n) is 2.87. The van der Waals surface area contributed by atoms with Gasteiger partial charge in [-0.2, -0.15) is 0 Å². The van der Waals surface area contributed by atoms with Gasteiger partial charge < -0.3 is 15.4 Å². The molecular formula is C13H19N3OS. The van der Waals surface area contributed by atoms with Gasteiger partial charge in [0.1, 0.15) is 0 Å². The number of nitrogens with zero attached hydrogens (tertiary/aromatic N) is 2. The Kier molecular flexibility index (Phi) is 3.26. The van der Waals surface area contributed by atoms with Crippen molar-refractivity contribution >= 4 is 17.3 Å². The maximum atomic E-state index is 6.09. The number of ether oxygens (including phenoxy) is 1. The zero-order chi connectivity index (χ0) is 12.4. The van der Waals surface area contributed by atoms with Crippen LogP contribution in [0.4, 0.5) is 0 Å². The zero-order valence-electron chi connectivity index (χ0n) is 10.5. The van der Waals surface area contributed by atoms with Gasteiger partial charge in [0, 0.05) is 18.1 Å². The standard InChI is InChI=1S/C13H19N3OS/c14-12-15-10-13(4-2-6-17-7-5-13)16(12)9-11-3-1-8-18-11/h1,3,8H,2,4-7,9-10H2,(H2,14,15). The van der Waals surface area contributed by atoms with Crippen LogP contribution in [-0.4, -0.2) is 36.2 Å². The van der Waals surface area contributed by atoms with Crippen molar-refractivity contribution in [3.63, 3.8) is 0 Å². The normalized spacial score (nSPS) is 28.4. The number of thiophene rings is 1. The Labute approximate surface area is 111 Å². The minimum atomic E-state index is 0.102. The van der Waals surface area contributed by atoms with E-state index < -0.39 is 0 Å². The van der Waals surface area contributed by atoms with Crippen molar-refractivity contribution in [2.45, 2.75) is 31.3 Å². The summed E-state index contributed by atoms with van der Waals surface area (Å²) in [7, 11) is 0. The highest BCUT2D eigenvalue weighted by atomic mass is 32.1. The zero-order valence-corrected chi connectivity index (χ0v) is 11.3. The summed E-state index contributed by atoms with van der Waals surface area (Å²) in [6.45, 7) is 3.40. The Balaban J connectivity index is 1.81. The molecule has 0 aliphatic carbocycles. The van der Waals surface area contributed by atoms with Crippen molar-refractivity contribution in [2.75, 3.05) is 19.8 Å². The molecule has 1 aromatic heterocycles. The van der Waals surface area contributed by atoms with E-state index in [1.54, 1.807) is 11.3 Å². The molecule has 2 N–H and O–H groups in total. The van der Waals surface area contributed by atoms with E-state index in [1.165, 1.54) is 4.88 Å². The van der Waals surface area contributed by atoms with E-state index in [4.69, 9.17) is 10.5 Å². The lowest BCUT2D eigenvalue weighted by molar-refractivity contribution is 0.120. The Morgan fingerprint density at radius 1 is 1.44 bits per heavy atom. The quantitative estimate of drug-likeness (QED) is 0.887. The van der Waals surface area contributed by atoms with Crippen LogP contribution in [0.1, 0.15) is 24.1 Å². The van der Waals surface area contributed by atoms with Gasteiger partial charge in [-0.15, -0.1) is 11.3 Å². The topological polar surface area (TPSA) is 50.9 Å². The molecule has 0 amide bonds. The number of aliphatic imine (C=N–C) groups is 1. The molecule has 3 heterocycles. The van der Waals surface area contributed by atoms with Gasteiger partial charge in [-0.25, -0.2) is 0 Å². The summed E-state index contributed by atoms with van der Waals surface area (Å²) >= 11 is 1.78. The lowest BCUT2D eigenvalue weighted by Crippen LogP contribution is -2.51. The van der Waals surface area contributed by atoms with Gasteiger partial charge in [0.15, 0.2) is 5.96 Å². The Morgan fingerprint density at radius 2 is 2.39 bits per heavy atom. The molecule has 4 nitrogen and oxygen atoms in total. The van der Waals surface area contributed by atoms with Gasteiger partial charge in [-0.1, -0.05) is 6.07 Å². The molecular weight excluding hydrogens is 246 g/mol. The average Bonchev–Trinajstić information content (AvgIpc) is 2.90. The molecule has 3 rings (SSSR count). The first-order chi connectivity index (χ1) is 8.80. The molecule has 98 valence electrons. The monoisotopic (exact) mass is 265 g/mol. The van der Waals surface area contributed by atoms with Crippen LogP contribution in [0, 0.1) is 0 Å². The first kappa shape index (κ1) is 12.0. The van der Waals surface area contributed by atoms with E-state index >= 15 is 0 Å². The molecule has 1 spiro atoms. The van der Waals surface area contributed by atoms with Gasteiger partial charge >= 0.3 is 0 Å². The third-order valence-corrected chi connectivity index (χ3v) is 4.78. The predicted octanol–water partition coefficient (Wildman–Crippen LogP) is 1.82. The van der Waals surface area contributed by atoms with Crippen molar-refractivity contribution in [3.8, 4) is 0 Å². The van der Waals surface area contributed by atoms with Gasteiger partial charge in [-0.3, -0.25) is 4.99 Å². The Morgan fingerprint density at radius 3 is 3.22 bits per heavy atom. The molecule has 0 aromatic carbocycles. The van der Waals surface area contributed by atoms with Crippen LogP contribution in [0.5, 0.6) is 0 Å². The summed E-state index contributed by atoms with van der Waals surface area (Å²) < 4.78 is 5.58. The van der Waals surface area contributed by atoms with Crippen LogP contribution >= 0.6 is 11.3 Å². The van der Waals surface area contributed by atoms with Crippen molar-refractivity contribution in [1.29, 1.82) is 0 Å². The first-order valence-electron chi connectivity index (χ1n) is 6.48. The van der Waals surface area contributed by atoms with Crippen molar-refractivity contribution in [3.05, 3.63) is 22.4 Å². The molecule has 0 radical (unpaired) electrons. The number of hydrogen-bond acceptors (Lipinski definition) is 5. The lowest BCUT2D eigenvalue weighted by Gasteiger charge is -2.38. The van der Waals surface area contributed by atoms with Crippen LogP contribution in [0.25, 0.3) is 0 Å². The van der Waals surface area contributed by atoms with Crippen LogP contribution in [0.3, 0.4) is 0 Å². The molecule has 1 fully saturated rings. The molecule has 18 heavy (non-hydrogen) atoms. The van der Waals surface area contributed by atoms with Crippen LogP contribution in [0.15, 0.2) is 22.5 Å². The van der Waals surface area contributed by atoms with Crippen molar-refractivity contribution in [1.82, 2.24) is 4.90 Å². The van der Waals surface area contributed by atoms with Gasteiger partial charge in [0.2, 0.25) is 0 Å². The third kappa shape index (κ3) is 2.12. The van der Waals surface area contributed by atoms with Crippen molar-refractivity contribution < 1.29 is 4.74 Å². The maximum absolute atomic E-state index is 6.09. The molecule has 5 heteroatoms. The second-order valence-corrected chi connectivity index (χ2v) is 6.06. The smallest absolute Gasteiger partial charge is 0.192 e. The predicted molar refractivity (Wildman–Crippen MR) is 73.8 cm³/mol. The molecule has 1 unspecified atom stereocenters. The summed E-state index contributed by atoms with van der Waals surface area (Å²) in [4.78, 5) is 8.13. The summed E-state index contributed by atoms with van der Waals surface area (Å²) in [6, 6.07) is 4.25. The summed E-state index contributed by atoms with van der Waals surface area (Å²) in [5, 5.41) is 2.11. The number of nitrogens with two attached hydrogens (primary N) is 1. The highest BCUT2D eigenvalue weighted by molar-refractivity contribution is 7.09. The van der Waals surface area contributed by atoms with E-state index in [0.29, 0.717) is 5.96 Å². The minimum absolute atomic E-state index is 0.102. The largest absolute Gasteiger partial charge is 0.381 e. The van der Waals surface area contributed by atoms with Gasteiger partial charge in [-0.05, 0) is 30.7 Å². The molecule has 1 atom stereocenters. The number of rotatable bonds is 2. The lowest BCUT2D eigenvalue weighted by atomic mass is 9.89. The van der Waals surface area contributed by atoms with Gasteiger partial charge in [0.05, 0.1) is 18.6 Å². The van der Waals surface area contributed by atoms with E-state index in [0.717, 1.165) is 45.6 Å². The van der Waals surface area contributed by atoms with Crippen LogP contribution in [-0.2, 0) is 11.3 Å². The molecule has 2 aliphatic heterocycles. The molecule has 2 aliphatic rings. The van der Waals surface area contributed by atoms with E-state index in [9.17, 15) is 0 Å². The third-order valence-electron chi connectivity index (χ3n) is 3.92. The highest BCUT2D eigenvalue weighted by Gasteiger charge is 2.42. The van der Waals surface area contributed by atoms with Crippen molar-refractivity contribution in [2.24, 2.45) is 10.7 Å². The summed E-state index contributed by atoms with van der Waals surface area (Å²) in [6.07, 6.45) is 3.26. The van der Waals surface area contributed by atoms with Gasteiger partial charge in [0.25, 0.3) is 0 Å². The Bertz CT molecular complexity index is 421.